The lowest BCUT2D eigenvalue weighted by atomic mass is 9.99. The molecular formula is C8H10O2S. The van der Waals surface area contributed by atoms with Crippen LogP contribution >= 0.6 is 11.3 Å². The van der Waals surface area contributed by atoms with Gasteiger partial charge in [-0.3, -0.25) is 4.79 Å². The Morgan fingerprint density at radius 2 is 2.36 bits per heavy atom. The highest BCUT2D eigenvalue weighted by atomic mass is 32.1. The van der Waals surface area contributed by atoms with Crippen LogP contribution < -0.4 is 0 Å². The zero-order valence-corrected chi connectivity index (χ0v) is 7.31. The third kappa shape index (κ3) is 1.49. The van der Waals surface area contributed by atoms with Crippen molar-refractivity contribution in [2.45, 2.75) is 19.4 Å². The van der Waals surface area contributed by atoms with Crippen LogP contribution in [0.25, 0.3) is 0 Å². The van der Waals surface area contributed by atoms with Crippen LogP contribution in [0.15, 0.2) is 11.4 Å². The van der Waals surface area contributed by atoms with E-state index < -0.39 is 5.60 Å². The fourth-order valence-corrected chi connectivity index (χ4v) is 1.78. The van der Waals surface area contributed by atoms with Crippen LogP contribution in [0.2, 0.25) is 0 Å². The number of aliphatic hydroxyl groups is 1. The fraction of sp³-hybridized carbons (Fsp3) is 0.375. The molecule has 2 nitrogen and oxygen atoms in total. The van der Waals surface area contributed by atoms with Gasteiger partial charge >= 0.3 is 0 Å². The third-order valence-electron chi connectivity index (χ3n) is 1.63. The quantitative estimate of drug-likeness (QED) is 0.682. The second-order valence-corrected chi connectivity index (χ2v) is 3.78. The normalized spacial score (nSPS) is 15.9. The van der Waals surface area contributed by atoms with E-state index in [-0.39, 0.29) is 0 Å². The summed E-state index contributed by atoms with van der Waals surface area (Å²) in [4.78, 5) is 11.4. The largest absolute Gasteiger partial charge is 0.378 e. The molecule has 0 saturated carbocycles. The zero-order valence-electron chi connectivity index (χ0n) is 6.50. The van der Waals surface area contributed by atoms with E-state index in [1.54, 1.807) is 6.07 Å². The lowest BCUT2D eigenvalue weighted by molar-refractivity contribution is -0.123. The van der Waals surface area contributed by atoms with Gasteiger partial charge in [0.25, 0.3) is 0 Å². The van der Waals surface area contributed by atoms with Gasteiger partial charge < -0.3 is 5.11 Å². The summed E-state index contributed by atoms with van der Waals surface area (Å²) < 4.78 is 0. The van der Waals surface area contributed by atoms with Gasteiger partial charge in [0, 0.05) is 10.4 Å². The number of hydrogen-bond donors (Lipinski definition) is 1. The molecule has 1 atom stereocenters. The van der Waals surface area contributed by atoms with E-state index in [4.69, 9.17) is 0 Å². The van der Waals surface area contributed by atoms with E-state index in [0.29, 0.717) is 11.8 Å². The first-order chi connectivity index (χ1) is 5.08. The van der Waals surface area contributed by atoms with E-state index in [1.165, 1.54) is 18.3 Å². The highest BCUT2D eigenvalue weighted by molar-refractivity contribution is 7.10. The summed E-state index contributed by atoms with van der Waals surface area (Å²) in [5.74, 6) is 0. The van der Waals surface area contributed by atoms with Crippen molar-refractivity contribution in [2.24, 2.45) is 0 Å². The van der Waals surface area contributed by atoms with Crippen molar-refractivity contribution < 1.29 is 9.90 Å². The van der Waals surface area contributed by atoms with Gasteiger partial charge in [-0.25, -0.2) is 0 Å². The number of carbonyl (C=O) groups excluding carboxylic acids is 1. The smallest absolute Gasteiger partial charge is 0.155 e. The number of aldehydes is 1. The number of hydrogen-bond acceptors (Lipinski definition) is 3. The van der Waals surface area contributed by atoms with Gasteiger partial charge in [-0.15, -0.1) is 11.3 Å². The Balaban J connectivity index is 3.10. The van der Waals surface area contributed by atoms with Crippen LogP contribution in [0, 0.1) is 6.92 Å². The summed E-state index contributed by atoms with van der Waals surface area (Å²) in [6, 6.07) is 1.77. The monoisotopic (exact) mass is 170 g/mol. The van der Waals surface area contributed by atoms with Crippen molar-refractivity contribution in [1.82, 2.24) is 0 Å². The predicted molar refractivity (Wildman–Crippen MR) is 44.7 cm³/mol. The second-order valence-electron chi connectivity index (χ2n) is 2.66. The highest BCUT2D eigenvalue weighted by Gasteiger charge is 2.24. The lowest BCUT2D eigenvalue weighted by Gasteiger charge is -2.14. The van der Waals surface area contributed by atoms with Crippen LogP contribution in [0.5, 0.6) is 0 Å². The molecule has 1 unspecified atom stereocenters. The van der Waals surface area contributed by atoms with Crippen molar-refractivity contribution in [3.05, 3.63) is 21.9 Å². The van der Waals surface area contributed by atoms with Crippen LogP contribution in [0.4, 0.5) is 0 Å². The van der Waals surface area contributed by atoms with Gasteiger partial charge in [0.15, 0.2) is 6.29 Å². The summed E-state index contributed by atoms with van der Waals surface area (Å²) in [6.07, 6.45) is 0.558. The van der Waals surface area contributed by atoms with Gasteiger partial charge in [-0.05, 0) is 25.3 Å². The minimum atomic E-state index is -1.32. The van der Waals surface area contributed by atoms with Gasteiger partial charge in [-0.1, -0.05) is 0 Å². The Morgan fingerprint density at radius 1 is 1.73 bits per heavy atom. The van der Waals surface area contributed by atoms with Crippen LogP contribution in [-0.4, -0.2) is 11.4 Å². The molecule has 0 aliphatic heterocycles. The number of carbonyl (C=O) groups is 1. The predicted octanol–water partition coefficient (Wildman–Crippen LogP) is 1.46. The highest BCUT2D eigenvalue weighted by Crippen LogP contribution is 2.25. The molecule has 0 saturated heterocycles. The molecule has 0 fully saturated rings. The molecule has 0 aliphatic rings. The van der Waals surface area contributed by atoms with E-state index in [9.17, 15) is 9.90 Å². The van der Waals surface area contributed by atoms with Gasteiger partial charge in [0.1, 0.15) is 5.60 Å². The average Bonchev–Trinajstić information content (AvgIpc) is 2.36. The van der Waals surface area contributed by atoms with Crippen molar-refractivity contribution in [2.75, 3.05) is 0 Å². The van der Waals surface area contributed by atoms with Gasteiger partial charge in [0.2, 0.25) is 0 Å². The standard InChI is InChI=1S/C8H10O2S/c1-6-7(3-4-11-6)8(2,10)5-9/h3-5,10H,1-2H3. The first-order valence-corrected chi connectivity index (χ1v) is 4.19. The molecule has 0 radical (unpaired) electrons. The maximum atomic E-state index is 10.4. The molecule has 1 N–H and O–H groups in total. The van der Waals surface area contributed by atoms with Crippen molar-refractivity contribution >= 4 is 17.6 Å². The van der Waals surface area contributed by atoms with Crippen LogP contribution in [0.1, 0.15) is 17.4 Å². The van der Waals surface area contributed by atoms with Crippen molar-refractivity contribution in [1.29, 1.82) is 0 Å². The SMILES string of the molecule is Cc1sccc1C(C)(O)C=O. The van der Waals surface area contributed by atoms with Crippen LogP contribution in [0.3, 0.4) is 0 Å². The molecule has 11 heavy (non-hydrogen) atoms. The molecule has 60 valence electrons. The molecule has 0 amide bonds. The molecule has 0 bridgehead atoms. The fourth-order valence-electron chi connectivity index (χ4n) is 0.974. The second kappa shape index (κ2) is 2.75. The molecule has 1 heterocycles. The summed E-state index contributed by atoms with van der Waals surface area (Å²) in [6.45, 7) is 3.38. The molecule has 0 aromatic carbocycles. The van der Waals surface area contributed by atoms with Crippen molar-refractivity contribution in [3.63, 3.8) is 0 Å². The lowest BCUT2D eigenvalue weighted by Crippen LogP contribution is -2.22. The first kappa shape index (κ1) is 8.43. The topological polar surface area (TPSA) is 37.3 Å². The van der Waals surface area contributed by atoms with E-state index >= 15 is 0 Å². The summed E-state index contributed by atoms with van der Waals surface area (Å²) in [7, 11) is 0. The number of aryl methyl sites for hydroxylation is 1. The Kier molecular flexibility index (Phi) is 2.11. The van der Waals surface area contributed by atoms with Gasteiger partial charge in [-0.2, -0.15) is 0 Å². The van der Waals surface area contributed by atoms with E-state index in [2.05, 4.69) is 0 Å². The Bertz CT molecular complexity index is 263. The number of rotatable bonds is 2. The zero-order chi connectivity index (χ0) is 8.48. The average molecular weight is 170 g/mol. The minimum absolute atomic E-state index is 0.558. The Hall–Kier alpha value is -0.670. The summed E-state index contributed by atoms with van der Waals surface area (Å²) in [5, 5.41) is 11.4. The molecule has 0 spiro atoms. The molecular weight excluding hydrogens is 160 g/mol. The van der Waals surface area contributed by atoms with E-state index in [1.807, 2.05) is 12.3 Å². The minimum Gasteiger partial charge on any atom is -0.378 e. The van der Waals surface area contributed by atoms with Crippen LogP contribution in [-0.2, 0) is 10.4 Å². The third-order valence-corrected chi connectivity index (χ3v) is 2.48. The van der Waals surface area contributed by atoms with E-state index in [0.717, 1.165) is 4.88 Å². The Labute approximate surface area is 69.5 Å². The summed E-state index contributed by atoms with van der Waals surface area (Å²) >= 11 is 1.53. The summed E-state index contributed by atoms with van der Waals surface area (Å²) in [5.41, 5.74) is -0.609. The maximum Gasteiger partial charge on any atom is 0.155 e. The molecule has 0 aliphatic carbocycles. The number of thiophene rings is 1. The molecule has 3 heteroatoms. The Morgan fingerprint density at radius 3 is 2.73 bits per heavy atom. The first-order valence-electron chi connectivity index (χ1n) is 3.31. The molecule has 1 aromatic rings. The van der Waals surface area contributed by atoms with Crippen molar-refractivity contribution in [3.8, 4) is 0 Å². The maximum absolute atomic E-state index is 10.4. The van der Waals surface area contributed by atoms with Gasteiger partial charge in [0.05, 0.1) is 0 Å². The molecule has 1 aromatic heterocycles. The molecule has 1 rings (SSSR count).